The summed E-state index contributed by atoms with van der Waals surface area (Å²) in [4.78, 5) is 12.5. The van der Waals surface area contributed by atoms with Crippen molar-refractivity contribution in [2.75, 3.05) is 15.9 Å². The molecule has 1 atom stereocenters. The molecule has 6 nitrogen and oxygen atoms in total. The van der Waals surface area contributed by atoms with Gasteiger partial charge >= 0.3 is 0 Å². The van der Waals surface area contributed by atoms with Crippen LogP contribution in [0.4, 0.5) is 15.8 Å². The number of hydrogen-bond donors (Lipinski definition) is 1. The van der Waals surface area contributed by atoms with Crippen molar-refractivity contribution < 1.29 is 17.6 Å². The van der Waals surface area contributed by atoms with E-state index in [1.807, 2.05) is 6.07 Å². The van der Waals surface area contributed by atoms with E-state index in [0.717, 1.165) is 22.2 Å². The Hall–Kier alpha value is -2.92. The van der Waals surface area contributed by atoms with E-state index >= 15 is 0 Å². The number of amides is 1. The Morgan fingerprint density at radius 2 is 1.92 bits per heavy atom. The molecule has 136 valence electrons. The van der Waals surface area contributed by atoms with Crippen molar-refractivity contribution in [3.8, 4) is 6.07 Å². The lowest BCUT2D eigenvalue weighted by molar-refractivity contribution is -0.116. The summed E-state index contributed by atoms with van der Waals surface area (Å²) < 4.78 is 38.7. The molecule has 2 aromatic carbocycles. The Balaban J connectivity index is 2.24. The highest BCUT2D eigenvalue weighted by Gasteiger charge is 2.29. The van der Waals surface area contributed by atoms with E-state index in [0.29, 0.717) is 5.69 Å². The van der Waals surface area contributed by atoms with E-state index in [1.165, 1.54) is 25.1 Å². The quantitative estimate of drug-likeness (QED) is 0.840. The number of nitrogens with zero attached hydrogens (tertiary/aromatic N) is 2. The van der Waals surface area contributed by atoms with E-state index in [9.17, 15) is 17.6 Å². The zero-order valence-corrected chi connectivity index (χ0v) is 15.1. The molecule has 1 N–H and O–H groups in total. The average Bonchev–Trinajstić information content (AvgIpc) is 2.55. The van der Waals surface area contributed by atoms with Crippen molar-refractivity contribution in [1.29, 1.82) is 5.26 Å². The molecule has 0 aromatic heterocycles. The molecular formula is C18H18FN3O3S. The zero-order chi connectivity index (χ0) is 19.3. The predicted molar refractivity (Wildman–Crippen MR) is 97.6 cm³/mol. The topological polar surface area (TPSA) is 90.3 Å². The molecule has 0 aliphatic carbocycles. The summed E-state index contributed by atoms with van der Waals surface area (Å²) in [6.45, 7) is 1.42. The van der Waals surface area contributed by atoms with E-state index < -0.39 is 27.8 Å². The van der Waals surface area contributed by atoms with Crippen LogP contribution in [0.25, 0.3) is 0 Å². The molecule has 8 heteroatoms. The summed E-state index contributed by atoms with van der Waals surface area (Å²) in [6.07, 6.45) is 1.21. The number of hydrogen-bond acceptors (Lipinski definition) is 4. The van der Waals surface area contributed by atoms with Crippen LogP contribution in [0.1, 0.15) is 12.5 Å². The van der Waals surface area contributed by atoms with Gasteiger partial charge in [0.25, 0.3) is 0 Å². The Labute approximate surface area is 151 Å². The van der Waals surface area contributed by atoms with Crippen molar-refractivity contribution in [1.82, 2.24) is 0 Å². The van der Waals surface area contributed by atoms with Gasteiger partial charge in [0, 0.05) is 5.69 Å². The molecule has 2 rings (SSSR count). The SMILES string of the molecule is C[C@H](C(=O)Nc1ccc(CC#N)cc1)N(c1cccc(F)c1)S(C)(=O)=O. The molecular weight excluding hydrogens is 357 g/mol. The summed E-state index contributed by atoms with van der Waals surface area (Å²) in [7, 11) is -3.82. The first kappa shape index (κ1) is 19.4. The number of rotatable bonds is 6. The molecule has 2 aromatic rings. The highest BCUT2D eigenvalue weighted by atomic mass is 32.2. The average molecular weight is 375 g/mol. The fraction of sp³-hybridized carbons (Fsp3) is 0.222. The molecule has 0 aliphatic rings. The van der Waals surface area contributed by atoms with Crippen molar-refractivity contribution in [2.24, 2.45) is 0 Å². The van der Waals surface area contributed by atoms with Gasteiger partial charge in [0.2, 0.25) is 15.9 Å². The largest absolute Gasteiger partial charge is 0.324 e. The second-order valence-electron chi connectivity index (χ2n) is 5.74. The minimum Gasteiger partial charge on any atom is -0.324 e. The van der Waals surface area contributed by atoms with Crippen LogP contribution in [0.15, 0.2) is 48.5 Å². The van der Waals surface area contributed by atoms with E-state index in [-0.39, 0.29) is 12.1 Å². The molecule has 0 fully saturated rings. The van der Waals surface area contributed by atoms with Gasteiger partial charge in [-0.05, 0) is 42.8 Å². The molecule has 0 radical (unpaired) electrons. The predicted octanol–water partition coefficient (Wildman–Crippen LogP) is 2.68. The van der Waals surface area contributed by atoms with Crippen LogP contribution in [-0.2, 0) is 21.2 Å². The van der Waals surface area contributed by atoms with Crippen LogP contribution >= 0.6 is 0 Å². The van der Waals surface area contributed by atoms with Crippen LogP contribution in [-0.4, -0.2) is 26.6 Å². The number of nitrogens with one attached hydrogen (secondary N) is 1. The lowest BCUT2D eigenvalue weighted by Gasteiger charge is -2.28. The number of carbonyl (C=O) groups is 1. The van der Waals surface area contributed by atoms with Crippen LogP contribution in [0.3, 0.4) is 0 Å². The molecule has 0 spiro atoms. The van der Waals surface area contributed by atoms with Gasteiger partial charge < -0.3 is 5.32 Å². The Morgan fingerprint density at radius 1 is 1.27 bits per heavy atom. The Bertz CT molecular complexity index is 937. The molecule has 0 heterocycles. The first-order chi connectivity index (χ1) is 12.2. The molecule has 1 amide bonds. The summed E-state index contributed by atoms with van der Waals surface area (Å²) in [5, 5.41) is 11.3. The molecule has 0 unspecified atom stereocenters. The lowest BCUT2D eigenvalue weighted by atomic mass is 10.1. The number of carbonyl (C=O) groups excluding carboxylic acids is 1. The summed E-state index contributed by atoms with van der Waals surface area (Å²) in [5.74, 6) is -1.16. The van der Waals surface area contributed by atoms with E-state index in [1.54, 1.807) is 24.3 Å². The van der Waals surface area contributed by atoms with Gasteiger partial charge in [-0.1, -0.05) is 18.2 Å². The van der Waals surface area contributed by atoms with Gasteiger partial charge in [0.05, 0.1) is 24.4 Å². The molecule has 0 aliphatic heterocycles. The fourth-order valence-electron chi connectivity index (χ4n) is 2.47. The standard InChI is InChI=1S/C18H18FN3O3S/c1-13(18(23)21-16-8-6-14(7-9-16)10-11-20)22(26(2,24)25)17-5-3-4-15(19)12-17/h3-9,12-13H,10H2,1-2H3,(H,21,23)/t13-/m1/s1. The second kappa shape index (κ2) is 7.97. The normalized spacial score (nSPS) is 12.1. The maximum atomic E-state index is 13.5. The van der Waals surface area contributed by atoms with Gasteiger partial charge in [-0.15, -0.1) is 0 Å². The summed E-state index contributed by atoms with van der Waals surface area (Å²) >= 11 is 0. The minimum atomic E-state index is -3.82. The third kappa shape index (κ3) is 4.80. The lowest BCUT2D eigenvalue weighted by Crippen LogP contribution is -2.45. The maximum Gasteiger partial charge on any atom is 0.247 e. The van der Waals surface area contributed by atoms with Crippen molar-refractivity contribution >= 4 is 27.3 Å². The van der Waals surface area contributed by atoms with E-state index in [2.05, 4.69) is 5.32 Å². The van der Waals surface area contributed by atoms with E-state index in [4.69, 9.17) is 5.26 Å². The molecule has 0 bridgehead atoms. The summed E-state index contributed by atoms with van der Waals surface area (Å²) in [5.41, 5.74) is 1.34. The van der Waals surface area contributed by atoms with Gasteiger partial charge in [-0.2, -0.15) is 5.26 Å². The van der Waals surface area contributed by atoms with Crippen LogP contribution in [0, 0.1) is 17.1 Å². The van der Waals surface area contributed by atoms with Crippen LogP contribution in [0.5, 0.6) is 0 Å². The third-order valence-corrected chi connectivity index (χ3v) is 4.90. The third-order valence-electron chi connectivity index (χ3n) is 3.66. The molecule has 0 saturated carbocycles. The van der Waals surface area contributed by atoms with Gasteiger partial charge in [-0.3, -0.25) is 9.10 Å². The number of sulfonamides is 1. The maximum absolute atomic E-state index is 13.5. The van der Waals surface area contributed by atoms with Crippen molar-refractivity contribution in [3.63, 3.8) is 0 Å². The second-order valence-corrected chi connectivity index (χ2v) is 7.60. The van der Waals surface area contributed by atoms with Crippen molar-refractivity contribution in [3.05, 3.63) is 59.9 Å². The monoisotopic (exact) mass is 375 g/mol. The molecule has 0 saturated heterocycles. The van der Waals surface area contributed by atoms with Gasteiger partial charge in [-0.25, -0.2) is 12.8 Å². The Kier molecular flexibility index (Phi) is 5.95. The molecule has 26 heavy (non-hydrogen) atoms. The number of benzene rings is 2. The number of halogens is 1. The van der Waals surface area contributed by atoms with Crippen LogP contribution in [0.2, 0.25) is 0 Å². The minimum absolute atomic E-state index is 0.0690. The Morgan fingerprint density at radius 3 is 2.46 bits per heavy atom. The fourth-order valence-corrected chi connectivity index (χ4v) is 3.63. The summed E-state index contributed by atoms with van der Waals surface area (Å²) in [6, 6.07) is 12.6. The van der Waals surface area contributed by atoms with Crippen molar-refractivity contribution in [2.45, 2.75) is 19.4 Å². The number of nitriles is 1. The van der Waals surface area contributed by atoms with Gasteiger partial charge in [0.15, 0.2) is 0 Å². The smallest absolute Gasteiger partial charge is 0.247 e. The zero-order valence-electron chi connectivity index (χ0n) is 14.3. The first-order valence-electron chi connectivity index (χ1n) is 7.74. The van der Waals surface area contributed by atoms with Crippen LogP contribution < -0.4 is 9.62 Å². The first-order valence-corrected chi connectivity index (χ1v) is 9.59. The number of anilines is 2. The highest BCUT2D eigenvalue weighted by molar-refractivity contribution is 7.92. The highest BCUT2D eigenvalue weighted by Crippen LogP contribution is 2.22. The van der Waals surface area contributed by atoms with Gasteiger partial charge in [0.1, 0.15) is 11.9 Å².